The van der Waals surface area contributed by atoms with Crippen molar-refractivity contribution >= 4 is 21.6 Å². The molecular formula is C8H7NO2S. The first kappa shape index (κ1) is 7.36. The number of phenolic OH excluding ortho intramolecular Hbond substituents is 1. The van der Waals surface area contributed by atoms with Gasteiger partial charge in [0.25, 0.3) is 0 Å². The first-order valence-electron chi connectivity index (χ1n) is 3.41. The number of hydrogen-bond acceptors (Lipinski definition) is 4. The van der Waals surface area contributed by atoms with E-state index in [1.54, 1.807) is 17.6 Å². The number of aromatic nitrogens is 1. The minimum absolute atomic E-state index is 0.135. The highest BCUT2D eigenvalue weighted by Crippen LogP contribution is 2.32. The Hall–Kier alpha value is -1.29. The highest BCUT2D eigenvalue weighted by molar-refractivity contribution is 7.16. The Morgan fingerprint density at radius 2 is 2.33 bits per heavy atom. The zero-order valence-electron chi connectivity index (χ0n) is 6.44. The number of fused-ring (bicyclic) bond motifs is 1. The van der Waals surface area contributed by atoms with E-state index >= 15 is 0 Å². The third-order valence-corrected chi connectivity index (χ3v) is 2.42. The van der Waals surface area contributed by atoms with E-state index in [1.165, 1.54) is 18.4 Å². The lowest BCUT2D eigenvalue weighted by Gasteiger charge is -2.01. The maximum atomic E-state index is 9.37. The van der Waals surface area contributed by atoms with Crippen molar-refractivity contribution in [2.45, 2.75) is 0 Å². The topological polar surface area (TPSA) is 42.4 Å². The molecule has 1 heterocycles. The molecule has 1 aromatic carbocycles. The van der Waals surface area contributed by atoms with Crippen molar-refractivity contribution in [3.8, 4) is 11.5 Å². The lowest BCUT2D eigenvalue weighted by Crippen LogP contribution is -1.82. The molecule has 0 saturated heterocycles. The average molecular weight is 181 g/mol. The van der Waals surface area contributed by atoms with Gasteiger partial charge < -0.3 is 9.84 Å². The van der Waals surface area contributed by atoms with Crippen LogP contribution in [0.25, 0.3) is 10.2 Å². The van der Waals surface area contributed by atoms with Crippen LogP contribution < -0.4 is 4.74 Å². The molecule has 0 atom stereocenters. The van der Waals surface area contributed by atoms with Gasteiger partial charge >= 0.3 is 0 Å². The Kier molecular flexibility index (Phi) is 1.62. The molecule has 0 amide bonds. The monoisotopic (exact) mass is 181 g/mol. The molecule has 3 nitrogen and oxygen atoms in total. The number of thiazole rings is 1. The maximum Gasteiger partial charge on any atom is 0.162 e. The van der Waals surface area contributed by atoms with Crippen LogP contribution in [0.2, 0.25) is 0 Å². The van der Waals surface area contributed by atoms with Gasteiger partial charge in [0.1, 0.15) is 0 Å². The molecule has 0 fully saturated rings. The summed E-state index contributed by atoms with van der Waals surface area (Å²) in [5, 5.41) is 9.37. The molecular weight excluding hydrogens is 174 g/mol. The third kappa shape index (κ3) is 1.00. The van der Waals surface area contributed by atoms with Crippen LogP contribution in [0.4, 0.5) is 0 Å². The molecule has 0 saturated carbocycles. The first-order valence-corrected chi connectivity index (χ1v) is 4.29. The smallest absolute Gasteiger partial charge is 0.162 e. The molecule has 0 radical (unpaired) electrons. The summed E-state index contributed by atoms with van der Waals surface area (Å²) in [6, 6.07) is 3.38. The van der Waals surface area contributed by atoms with Crippen molar-refractivity contribution in [2.75, 3.05) is 7.11 Å². The Morgan fingerprint density at radius 1 is 1.50 bits per heavy atom. The van der Waals surface area contributed by atoms with Crippen LogP contribution in [0.1, 0.15) is 0 Å². The molecule has 62 valence electrons. The molecule has 4 heteroatoms. The molecule has 2 rings (SSSR count). The summed E-state index contributed by atoms with van der Waals surface area (Å²) in [5.41, 5.74) is 2.54. The number of hydrogen-bond donors (Lipinski definition) is 1. The number of methoxy groups -OCH3 is 1. The van der Waals surface area contributed by atoms with E-state index < -0.39 is 0 Å². The van der Waals surface area contributed by atoms with Crippen molar-refractivity contribution in [2.24, 2.45) is 0 Å². The highest BCUT2D eigenvalue weighted by Gasteiger charge is 2.04. The van der Waals surface area contributed by atoms with Gasteiger partial charge in [0.2, 0.25) is 0 Å². The lowest BCUT2D eigenvalue weighted by molar-refractivity contribution is 0.374. The Bertz CT molecular complexity index is 410. The van der Waals surface area contributed by atoms with E-state index in [-0.39, 0.29) is 5.75 Å². The fraction of sp³-hybridized carbons (Fsp3) is 0.125. The fourth-order valence-electron chi connectivity index (χ4n) is 1.04. The number of rotatable bonds is 1. The summed E-state index contributed by atoms with van der Waals surface area (Å²) in [5.74, 6) is 0.627. The van der Waals surface area contributed by atoms with Gasteiger partial charge in [-0.2, -0.15) is 0 Å². The van der Waals surface area contributed by atoms with Crippen LogP contribution in [0.15, 0.2) is 17.6 Å². The fourth-order valence-corrected chi connectivity index (χ4v) is 1.72. The maximum absolute atomic E-state index is 9.37. The van der Waals surface area contributed by atoms with Gasteiger partial charge in [-0.15, -0.1) is 11.3 Å². The Morgan fingerprint density at radius 3 is 3.08 bits per heavy atom. The molecule has 1 N–H and O–H groups in total. The van der Waals surface area contributed by atoms with Crippen molar-refractivity contribution in [1.29, 1.82) is 0 Å². The van der Waals surface area contributed by atoms with Gasteiger partial charge in [0.15, 0.2) is 11.5 Å². The van der Waals surface area contributed by atoms with E-state index in [2.05, 4.69) is 4.98 Å². The van der Waals surface area contributed by atoms with E-state index in [0.29, 0.717) is 5.75 Å². The summed E-state index contributed by atoms with van der Waals surface area (Å²) in [7, 11) is 1.53. The van der Waals surface area contributed by atoms with E-state index in [4.69, 9.17) is 4.74 Å². The quantitative estimate of drug-likeness (QED) is 0.731. The molecule has 0 aliphatic carbocycles. The number of aromatic hydroxyl groups is 1. The van der Waals surface area contributed by atoms with Crippen molar-refractivity contribution in [1.82, 2.24) is 4.98 Å². The second-order valence-electron chi connectivity index (χ2n) is 2.34. The predicted molar refractivity (Wildman–Crippen MR) is 47.8 cm³/mol. The third-order valence-electron chi connectivity index (χ3n) is 1.63. The lowest BCUT2D eigenvalue weighted by atomic mass is 10.3. The minimum atomic E-state index is 0.135. The zero-order valence-corrected chi connectivity index (χ0v) is 7.26. The van der Waals surface area contributed by atoms with Crippen molar-refractivity contribution in [3.63, 3.8) is 0 Å². The van der Waals surface area contributed by atoms with Gasteiger partial charge in [0.05, 0.1) is 22.8 Å². The second kappa shape index (κ2) is 2.64. The molecule has 0 unspecified atom stereocenters. The van der Waals surface area contributed by atoms with Crippen LogP contribution in [0.5, 0.6) is 11.5 Å². The second-order valence-corrected chi connectivity index (χ2v) is 3.23. The molecule has 0 spiro atoms. The summed E-state index contributed by atoms with van der Waals surface area (Å²) >= 11 is 1.52. The number of phenols is 1. The minimum Gasteiger partial charge on any atom is -0.504 e. The molecule has 1 aromatic heterocycles. The zero-order chi connectivity index (χ0) is 8.55. The van der Waals surface area contributed by atoms with Gasteiger partial charge in [-0.1, -0.05) is 0 Å². The summed E-state index contributed by atoms with van der Waals surface area (Å²) in [4.78, 5) is 4.06. The molecule has 0 aliphatic rings. The van der Waals surface area contributed by atoms with Crippen LogP contribution in [0, 0.1) is 0 Å². The highest BCUT2D eigenvalue weighted by atomic mass is 32.1. The molecule has 0 bridgehead atoms. The average Bonchev–Trinajstić information content (AvgIpc) is 2.49. The van der Waals surface area contributed by atoms with Crippen molar-refractivity contribution < 1.29 is 9.84 Å². The van der Waals surface area contributed by atoms with Crippen LogP contribution >= 0.6 is 11.3 Å². The van der Waals surface area contributed by atoms with Crippen LogP contribution in [-0.2, 0) is 0 Å². The number of ether oxygens (including phenoxy) is 1. The van der Waals surface area contributed by atoms with Crippen molar-refractivity contribution in [3.05, 3.63) is 17.6 Å². The van der Waals surface area contributed by atoms with Crippen LogP contribution in [-0.4, -0.2) is 17.2 Å². The van der Waals surface area contributed by atoms with Crippen LogP contribution in [0.3, 0.4) is 0 Å². The number of nitrogens with zero attached hydrogens (tertiary/aromatic N) is 1. The Labute approximate surface area is 73.2 Å². The van der Waals surface area contributed by atoms with Gasteiger partial charge in [-0.25, -0.2) is 4.98 Å². The Balaban J connectivity index is 2.73. The molecule has 0 aliphatic heterocycles. The van der Waals surface area contributed by atoms with E-state index in [0.717, 1.165) is 10.2 Å². The SMILES string of the molecule is COc1cc2scnc2cc1O. The van der Waals surface area contributed by atoms with E-state index in [9.17, 15) is 5.11 Å². The van der Waals surface area contributed by atoms with Gasteiger partial charge in [0, 0.05) is 12.1 Å². The largest absolute Gasteiger partial charge is 0.504 e. The van der Waals surface area contributed by atoms with Gasteiger partial charge in [-0.3, -0.25) is 0 Å². The number of benzene rings is 1. The molecule has 12 heavy (non-hydrogen) atoms. The standard InChI is InChI=1S/C8H7NO2S/c1-11-7-3-8-5(2-6(7)10)9-4-12-8/h2-4,10H,1H3. The van der Waals surface area contributed by atoms with Gasteiger partial charge in [-0.05, 0) is 0 Å². The summed E-state index contributed by atoms with van der Waals surface area (Å²) in [6.45, 7) is 0. The normalized spacial score (nSPS) is 10.4. The molecule has 2 aromatic rings. The summed E-state index contributed by atoms with van der Waals surface area (Å²) < 4.78 is 5.97. The van der Waals surface area contributed by atoms with E-state index in [1.807, 2.05) is 0 Å². The summed E-state index contributed by atoms with van der Waals surface area (Å²) in [6.07, 6.45) is 0. The predicted octanol–water partition coefficient (Wildman–Crippen LogP) is 2.01. The first-order chi connectivity index (χ1) is 5.81.